The van der Waals surface area contributed by atoms with Gasteiger partial charge in [0.25, 0.3) is 0 Å². The van der Waals surface area contributed by atoms with Crippen LogP contribution >= 0.6 is 0 Å². The molecule has 110 valence electrons. The molecule has 1 fully saturated rings. The summed E-state index contributed by atoms with van der Waals surface area (Å²) in [6.45, 7) is 6.54. The third kappa shape index (κ3) is 4.88. The fourth-order valence-corrected chi connectivity index (χ4v) is 1.87. The number of aryl methyl sites for hydroxylation is 1. The maximum absolute atomic E-state index is 10.7. The summed E-state index contributed by atoms with van der Waals surface area (Å²) in [6, 6.07) is 0. The first-order valence-corrected chi connectivity index (χ1v) is 6.06. The Morgan fingerprint density at radius 3 is 2.50 bits per heavy atom. The van der Waals surface area contributed by atoms with Gasteiger partial charge in [-0.15, -0.1) is 0 Å². The third-order valence-corrected chi connectivity index (χ3v) is 2.87. The van der Waals surface area contributed by atoms with Crippen molar-refractivity contribution in [1.82, 2.24) is 14.7 Å². The maximum atomic E-state index is 10.7. The molecule has 0 radical (unpaired) electrons. The number of aromatic nitrogens is 2. The van der Waals surface area contributed by atoms with Crippen LogP contribution in [0.5, 0.6) is 0 Å². The van der Waals surface area contributed by atoms with E-state index in [1.165, 1.54) is 6.20 Å². The highest BCUT2D eigenvalue weighted by Crippen LogP contribution is 2.14. The van der Waals surface area contributed by atoms with E-state index >= 15 is 0 Å². The van der Waals surface area contributed by atoms with E-state index in [0.717, 1.165) is 32.8 Å². The van der Waals surface area contributed by atoms with Crippen LogP contribution in [0, 0.1) is 17.0 Å². The van der Waals surface area contributed by atoms with Crippen LogP contribution in [-0.2, 0) is 20.9 Å². The molecule has 2 rings (SSSR count). The van der Waals surface area contributed by atoms with Crippen molar-refractivity contribution in [2.45, 2.75) is 13.5 Å². The molecule has 2 heterocycles. The Morgan fingerprint density at radius 1 is 1.40 bits per heavy atom. The lowest BCUT2D eigenvalue weighted by molar-refractivity contribution is -0.385. The second-order valence-corrected chi connectivity index (χ2v) is 4.16. The SMILES string of the molecule is Cc1nn(CCN2CCOCC2)cc1[N+](=O)[O-].O=C=O. The van der Waals surface area contributed by atoms with Gasteiger partial charge in [-0.1, -0.05) is 0 Å². The highest BCUT2D eigenvalue weighted by atomic mass is 16.6. The van der Waals surface area contributed by atoms with Crippen molar-refractivity contribution in [1.29, 1.82) is 0 Å². The molecule has 20 heavy (non-hydrogen) atoms. The van der Waals surface area contributed by atoms with Crippen LogP contribution in [0.4, 0.5) is 5.69 Å². The van der Waals surface area contributed by atoms with Gasteiger partial charge in [0.15, 0.2) is 0 Å². The quantitative estimate of drug-likeness (QED) is 0.558. The number of morpholine rings is 1. The van der Waals surface area contributed by atoms with E-state index in [4.69, 9.17) is 14.3 Å². The van der Waals surface area contributed by atoms with Crippen LogP contribution in [0.2, 0.25) is 0 Å². The first kappa shape index (κ1) is 16.0. The van der Waals surface area contributed by atoms with Crippen molar-refractivity contribution in [3.63, 3.8) is 0 Å². The molecule has 0 N–H and O–H groups in total. The molecule has 0 unspecified atom stereocenters. The van der Waals surface area contributed by atoms with Crippen molar-refractivity contribution in [3.8, 4) is 0 Å². The van der Waals surface area contributed by atoms with Crippen molar-refractivity contribution >= 4 is 11.8 Å². The Kier molecular flexibility index (Phi) is 6.51. The van der Waals surface area contributed by atoms with Crippen LogP contribution < -0.4 is 0 Å². The second-order valence-electron chi connectivity index (χ2n) is 4.16. The lowest BCUT2D eigenvalue weighted by Crippen LogP contribution is -2.38. The fraction of sp³-hybridized carbons (Fsp3) is 0.636. The van der Waals surface area contributed by atoms with Gasteiger partial charge in [-0.2, -0.15) is 14.7 Å². The number of nitro groups is 1. The third-order valence-electron chi connectivity index (χ3n) is 2.87. The molecule has 1 aliphatic heterocycles. The number of ether oxygens (including phenoxy) is 1. The molecule has 9 nitrogen and oxygen atoms in total. The summed E-state index contributed by atoms with van der Waals surface area (Å²) in [6.07, 6.45) is 1.75. The van der Waals surface area contributed by atoms with Gasteiger partial charge < -0.3 is 4.74 Å². The van der Waals surface area contributed by atoms with Crippen LogP contribution in [0.15, 0.2) is 6.20 Å². The summed E-state index contributed by atoms with van der Waals surface area (Å²) < 4.78 is 6.89. The summed E-state index contributed by atoms with van der Waals surface area (Å²) in [5, 5.41) is 14.8. The van der Waals surface area contributed by atoms with Crippen molar-refractivity contribution in [2.24, 2.45) is 0 Å². The van der Waals surface area contributed by atoms with E-state index < -0.39 is 4.92 Å². The van der Waals surface area contributed by atoms with E-state index in [0.29, 0.717) is 12.2 Å². The largest absolute Gasteiger partial charge is 0.379 e. The Morgan fingerprint density at radius 2 is 2.00 bits per heavy atom. The lowest BCUT2D eigenvalue weighted by Gasteiger charge is -2.26. The molecule has 0 atom stereocenters. The van der Waals surface area contributed by atoms with Gasteiger partial charge >= 0.3 is 11.8 Å². The summed E-state index contributed by atoms with van der Waals surface area (Å²) >= 11 is 0. The highest BCUT2D eigenvalue weighted by molar-refractivity contribution is 5.30. The molecular weight excluding hydrogens is 268 g/mol. The van der Waals surface area contributed by atoms with Crippen LogP contribution in [-0.4, -0.2) is 58.6 Å². The Balaban J connectivity index is 0.000000612. The van der Waals surface area contributed by atoms with E-state index in [1.807, 2.05) is 0 Å². The van der Waals surface area contributed by atoms with Crippen LogP contribution in [0.25, 0.3) is 0 Å². The van der Waals surface area contributed by atoms with Crippen LogP contribution in [0.1, 0.15) is 5.69 Å². The molecule has 0 bridgehead atoms. The smallest absolute Gasteiger partial charge is 0.373 e. The van der Waals surface area contributed by atoms with E-state index in [1.54, 1.807) is 11.6 Å². The van der Waals surface area contributed by atoms with Crippen molar-refractivity contribution < 1.29 is 19.2 Å². The first-order chi connectivity index (χ1) is 9.58. The van der Waals surface area contributed by atoms with Crippen molar-refractivity contribution in [3.05, 3.63) is 22.0 Å². The Bertz CT molecular complexity index is 475. The number of hydrogen-bond acceptors (Lipinski definition) is 7. The molecule has 0 aliphatic carbocycles. The summed E-state index contributed by atoms with van der Waals surface area (Å²) in [5.41, 5.74) is 0.559. The van der Waals surface area contributed by atoms with Gasteiger partial charge in [-0.25, -0.2) is 0 Å². The van der Waals surface area contributed by atoms with Gasteiger partial charge in [0.05, 0.1) is 24.7 Å². The molecule has 1 aliphatic rings. The van der Waals surface area contributed by atoms with Crippen molar-refractivity contribution in [2.75, 3.05) is 32.8 Å². The molecule has 9 heteroatoms. The maximum Gasteiger partial charge on any atom is 0.373 e. The van der Waals surface area contributed by atoms with Gasteiger partial charge in [0.2, 0.25) is 0 Å². The average Bonchev–Trinajstić information content (AvgIpc) is 2.80. The predicted octanol–water partition coefficient (Wildman–Crippen LogP) is -0.152. The summed E-state index contributed by atoms with van der Waals surface area (Å²) in [5.74, 6) is 0. The predicted molar refractivity (Wildman–Crippen MR) is 65.9 cm³/mol. The molecule has 0 amide bonds. The zero-order valence-electron chi connectivity index (χ0n) is 11.2. The minimum atomic E-state index is -0.395. The number of carbonyl (C=O) groups excluding carboxylic acids is 2. The minimum absolute atomic E-state index is 0.0898. The Labute approximate surface area is 115 Å². The molecule has 0 spiro atoms. The molecule has 1 aromatic rings. The van der Waals surface area contributed by atoms with Crippen LogP contribution in [0.3, 0.4) is 0 Å². The molecule has 1 saturated heterocycles. The first-order valence-electron chi connectivity index (χ1n) is 6.06. The number of rotatable bonds is 4. The van der Waals surface area contributed by atoms with Gasteiger partial charge in [-0.3, -0.25) is 19.7 Å². The average molecular weight is 284 g/mol. The highest BCUT2D eigenvalue weighted by Gasteiger charge is 2.16. The van der Waals surface area contributed by atoms with Gasteiger partial charge in [-0.05, 0) is 6.92 Å². The number of hydrogen-bond donors (Lipinski definition) is 0. The number of nitrogens with zero attached hydrogens (tertiary/aromatic N) is 4. The minimum Gasteiger partial charge on any atom is -0.379 e. The monoisotopic (exact) mass is 284 g/mol. The molecule has 1 aromatic heterocycles. The molecule has 0 saturated carbocycles. The zero-order valence-corrected chi connectivity index (χ0v) is 11.2. The molecular formula is C11H16N4O5. The summed E-state index contributed by atoms with van der Waals surface area (Å²) in [7, 11) is 0. The summed E-state index contributed by atoms with van der Waals surface area (Å²) in [4.78, 5) is 28.8. The van der Waals surface area contributed by atoms with Gasteiger partial charge in [0, 0.05) is 19.6 Å². The van der Waals surface area contributed by atoms with E-state index in [9.17, 15) is 10.1 Å². The topological polar surface area (TPSA) is 108 Å². The van der Waals surface area contributed by atoms with Gasteiger partial charge in [0.1, 0.15) is 11.9 Å². The van der Waals surface area contributed by atoms with E-state index in [2.05, 4.69) is 10.00 Å². The second kappa shape index (κ2) is 8.16. The molecule has 0 aromatic carbocycles. The fourth-order valence-electron chi connectivity index (χ4n) is 1.87. The normalized spacial score (nSPS) is 15.1. The zero-order chi connectivity index (χ0) is 15.0. The Hall–Kier alpha value is -2.09. The van der Waals surface area contributed by atoms with E-state index in [-0.39, 0.29) is 11.8 Å². The lowest BCUT2D eigenvalue weighted by atomic mass is 10.4. The standard InChI is InChI=1S/C10H16N4O3.CO2/c1-9-10(14(15)16)8-13(11-9)3-2-12-4-6-17-7-5-12;2-1-3/h8H,2-7H2,1H3;.